The van der Waals surface area contributed by atoms with Gasteiger partial charge < -0.3 is 15.4 Å². The van der Waals surface area contributed by atoms with Crippen molar-refractivity contribution < 1.29 is 9.53 Å². The van der Waals surface area contributed by atoms with Crippen molar-refractivity contribution in [1.82, 2.24) is 0 Å². The number of nitrogens with zero attached hydrogens (tertiary/aromatic N) is 1. The van der Waals surface area contributed by atoms with Crippen LogP contribution in [0.2, 0.25) is 0 Å². The summed E-state index contributed by atoms with van der Waals surface area (Å²) < 4.78 is 5.44. The van der Waals surface area contributed by atoms with Crippen LogP contribution in [0, 0.1) is 5.41 Å². The van der Waals surface area contributed by atoms with Gasteiger partial charge in [0.25, 0.3) is 0 Å². The number of halogens is 1. The van der Waals surface area contributed by atoms with E-state index in [4.69, 9.17) is 10.5 Å². The Morgan fingerprint density at radius 1 is 1.29 bits per heavy atom. The quantitative estimate of drug-likeness (QED) is 0.890. The predicted molar refractivity (Wildman–Crippen MR) is 100.0 cm³/mol. The van der Waals surface area contributed by atoms with E-state index in [-0.39, 0.29) is 23.7 Å². The summed E-state index contributed by atoms with van der Waals surface area (Å²) in [5.74, 6) is 0.186. The molecule has 0 unspecified atom stereocenters. The Bertz CT molecular complexity index is 604. The van der Waals surface area contributed by atoms with E-state index in [0.717, 1.165) is 31.5 Å². The van der Waals surface area contributed by atoms with Gasteiger partial charge in [0, 0.05) is 32.0 Å². The summed E-state index contributed by atoms with van der Waals surface area (Å²) in [7, 11) is 0. The summed E-state index contributed by atoms with van der Waals surface area (Å²) in [6.07, 6.45) is 2.39. The van der Waals surface area contributed by atoms with Gasteiger partial charge in [-0.25, -0.2) is 0 Å². The molecule has 1 amide bonds. The van der Waals surface area contributed by atoms with Crippen LogP contribution in [-0.2, 0) is 21.4 Å². The number of anilines is 1. The summed E-state index contributed by atoms with van der Waals surface area (Å²) in [4.78, 5) is 15.1. The molecule has 0 atom stereocenters. The van der Waals surface area contributed by atoms with Crippen molar-refractivity contribution in [3.63, 3.8) is 0 Å². The first-order valence-corrected chi connectivity index (χ1v) is 8.61. The maximum Gasteiger partial charge on any atom is 0.234 e. The number of amides is 1. The van der Waals surface area contributed by atoms with Gasteiger partial charge >= 0.3 is 0 Å². The fourth-order valence-corrected chi connectivity index (χ4v) is 3.63. The van der Waals surface area contributed by atoms with Gasteiger partial charge in [-0.05, 0) is 41.9 Å². The molecule has 4 nitrogen and oxygen atoms in total. The third-order valence-corrected chi connectivity index (χ3v) is 5.38. The molecule has 1 aromatic rings. The van der Waals surface area contributed by atoms with Crippen molar-refractivity contribution in [1.29, 1.82) is 0 Å². The second kappa shape index (κ2) is 7.03. The number of hydrogen-bond acceptors (Lipinski definition) is 3. The van der Waals surface area contributed by atoms with Crippen LogP contribution in [0.5, 0.6) is 0 Å². The molecule has 24 heavy (non-hydrogen) atoms. The molecule has 2 aliphatic rings. The highest BCUT2D eigenvalue weighted by Gasteiger charge is 2.43. The summed E-state index contributed by atoms with van der Waals surface area (Å²) in [6.45, 7) is 9.10. The molecule has 0 bridgehead atoms. The van der Waals surface area contributed by atoms with Crippen molar-refractivity contribution in [3.05, 3.63) is 29.3 Å². The number of nitrogens with two attached hydrogens (primary N) is 1. The summed E-state index contributed by atoms with van der Waals surface area (Å²) in [5, 5.41) is 0. The zero-order valence-electron chi connectivity index (χ0n) is 14.9. The first-order valence-electron chi connectivity index (χ1n) is 8.61. The third kappa shape index (κ3) is 3.32. The van der Waals surface area contributed by atoms with Gasteiger partial charge in [-0.2, -0.15) is 0 Å². The van der Waals surface area contributed by atoms with Gasteiger partial charge in [0.15, 0.2) is 0 Å². The normalized spacial score (nSPS) is 19.6. The fourth-order valence-electron chi connectivity index (χ4n) is 3.63. The molecule has 2 aliphatic heterocycles. The van der Waals surface area contributed by atoms with E-state index < -0.39 is 5.41 Å². The number of carbonyl (C=O) groups excluding carboxylic acids is 1. The van der Waals surface area contributed by atoms with E-state index in [1.807, 2.05) is 4.90 Å². The van der Waals surface area contributed by atoms with Crippen molar-refractivity contribution in [2.45, 2.75) is 45.4 Å². The number of hydrogen-bond donors (Lipinski definition) is 1. The zero-order chi connectivity index (χ0) is 16.7. The van der Waals surface area contributed by atoms with Crippen LogP contribution in [-0.4, -0.2) is 32.2 Å². The first-order chi connectivity index (χ1) is 10.9. The minimum absolute atomic E-state index is 0. The Kier molecular flexibility index (Phi) is 5.63. The number of carbonyl (C=O) groups is 1. The van der Waals surface area contributed by atoms with Crippen molar-refractivity contribution in [2.24, 2.45) is 11.1 Å². The Labute approximate surface area is 151 Å². The Hall–Kier alpha value is -1.10. The maximum absolute atomic E-state index is 13.2. The molecule has 1 fully saturated rings. The van der Waals surface area contributed by atoms with E-state index in [1.165, 1.54) is 11.1 Å². The molecule has 5 heteroatoms. The standard InChI is InChI=1S/C19H28N2O2.ClH/c1-18(2,3)15-4-5-16-14(12-15)6-9-21(16)17(22)19(13-20)7-10-23-11-8-19;/h4-5,12H,6-11,13,20H2,1-3H3;1H. The van der Waals surface area contributed by atoms with Gasteiger partial charge in [-0.15, -0.1) is 12.4 Å². The van der Waals surface area contributed by atoms with Crippen LogP contribution in [0.15, 0.2) is 18.2 Å². The molecule has 2 heterocycles. The molecule has 1 aromatic carbocycles. The molecule has 0 aromatic heterocycles. The van der Waals surface area contributed by atoms with Crippen LogP contribution in [0.4, 0.5) is 5.69 Å². The topological polar surface area (TPSA) is 55.6 Å². The van der Waals surface area contributed by atoms with Crippen molar-refractivity contribution >= 4 is 24.0 Å². The zero-order valence-corrected chi connectivity index (χ0v) is 15.7. The average molecular weight is 353 g/mol. The van der Waals surface area contributed by atoms with Gasteiger partial charge in [0.05, 0.1) is 5.41 Å². The average Bonchev–Trinajstić information content (AvgIpc) is 2.97. The number of rotatable bonds is 2. The monoisotopic (exact) mass is 352 g/mol. The second-order valence-corrected chi connectivity index (χ2v) is 7.90. The molecule has 134 valence electrons. The minimum Gasteiger partial charge on any atom is -0.381 e. The van der Waals surface area contributed by atoms with E-state index in [1.54, 1.807) is 0 Å². The van der Waals surface area contributed by atoms with Crippen LogP contribution in [0.1, 0.15) is 44.7 Å². The lowest BCUT2D eigenvalue weighted by Crippen LogP contribution is -2.50. The molecule has 2 N–H and O–H groups in total. The van der Waals surface area contributed by atoms with Gasteiger partial charge in [0.2, 0.25) is 5.91 Å². The number of fused-ring (bicyclic) bond motifs is 1. The largest absolute Gasteiger partial charge is 0.381 e. The molecular weight excluding hydrogens is 324 g/mol. The Morgan fingerprint density at radius 3 is 2.54 bits per heavy atom. The van der Waals surface area contributed by atoms with Gasteiger partial charge in [0.1, 0.15) is 0 Å². The molecule has 3 rings (SSSR count). The maximum atomic E-state index is 13.2. The van der Waals surface area contributed by atoms with Crippen LogP contribution < -0.4 is 10.6 Å². The van der Waals surface area contributed by atoms with Gasteiger partial charge in [-0.1, -0.05) is 32.9 Å². The van der Waals surface area contributed by atoms with Crippen LogP contribution in [0.3, 0.4) is 0 Å². The third-order valence-electron chi connectivity index (χ3n) is 5.38. The highest BCUT2D eigenvalue weighted by atomic mass is 35.5. The minimum atomic E-state index is -0.442. The molecule has 0 aliphatic carbocycles. The van der Waals surface area contributed by atoms with Crippen LogP contribution >= 0.6 is 12.4 Å². The van der Waals surface area contributed by atoms with Crippen molar-refractivity contribution in [2.75, 3.05) is 31.2 Å². The van der Waals surface area contributed by atoms with E-state index in [9.17, 15) is 4.79 Å². The van der Waals surface area contributed by atoms with Crippen molar-refractivity contribution in [3.8, 4) is 0 Å². The SMILES string of the molecule is CC(C)(C)c1ccc2c(c1)CCN2C(=O)C1(CN)CCOCC1.Cl. The summed E-state index contributed by atoms with van der Waals surface area (Å²) in [5.41, 5.74) is 9.37. The first kappa shape index (κ1) is 19.2. The highest BCUT2D eigenvalue weighted by Crippen LogP contribution is 2.38. The lowest BCUT2D eigenvalue weighted by Gasteiger charge is -2.37. The lowest BCUT2D eigenvalue weighted by atomic mass is 9.79. The summed E-state index contributed by atoms with van der Waals surface area (Å²) in [6, 6.07) is 6.54. The number of benzene rings is 1. The lowest BCUT2D eigenvalue weighted by molar-refractivity contribution is -0.132. The van der Waals surface area contributed by atoms with Crippen LogP contribution in [0.25, 0.3) is 0 Å². The molecule has 1 saturated heterocycles. The van der Waals surface area contributed by atoms with Gasteiger partial charge in [-0.3, -0.25) is 4.79 Å². The Morgan fingerprint density at radius 2 is 1.96 bits per heavy atom. The highest BCUT2D eigenvalue weighted by molar-refractivity contribution is 5.99. The molecule has 0 radical (unpaired) electrons. The second-order valence-electron chi connectivity index (χ2n) is 7.90. The fraction of sp³-hybridized carbons (Fsp3) is 0.632. The van der Waals surface area contributed by atoms with E-state index in [0.29, 0.717) is 19.8 Å². The Balaban J connectivity index is 0.00000208. The molecular formula is C19H29ClN2O2. The number of ether oxygens (including phenoxy) is 1. The predicted octanol–water partition coefficient (Wildman–Crippen LogP) is 3.05. The molecule has 0 spiro atoms. The smallest absolute Gasteiger partial charge is 0.234 e. The summed E-state index contributed by atoms with van der Waals surface area (Å²) >= 11 is 0. The van der Waals surface area contributed by atoms with E-state index in [2.05, 4.69) is 39.0 Å². The van der Waals surface area contributed by atoms with E-state index >= 15 is 0 Å². The molecule has 0 saturated carbocycles.